The van der Waals surface area contributed by atoms with E-state index in [4.69, 9.17) is 0 Å². The molecule has 0 saturated heterocycles. The molecule has 0 atom stereocenters. The first-order valence-electron chi connectivity index (χ1n) is 19.2. The Bertz CT molecular complexity index is 2790. The van der Waals surface area contributed by atoms with Gasteiger partial charge in [-0.2, -0.15) is 0 Å². The lowest BCUT2D eigenvalue weighted by Gasteiger charge is -2.28. The van der Waals surface area contributed by atoms with Crippen molar-refractivity contribution in [2.45, 2.75) is 26.2 Å². The van der Waals surface area contributed by atoms with Crippen molar-refractivity contribution in [3.63, 3.8) is 0 Å². The number of nitrogens with zero attached hydrogens (tertiary/aromatic N) is 1. The molecule has 1 nitrogen and oxygen atoms in total. The number of anilines is 3. The van der Waals surface area contributed by atoms with E-state index in [1.165, 1.54) is 88.7 Å². The Balaban J connectivity index is 1.27. The fourth-order valence-corrected chi connectivity index (χ4v) is 9.50. The summed E-state index contributed by atoms with van der Waals surface area (Å²) >= 11 is 0. The normalized spacial score (nSPS) is 13.1. The third-order valence-corrected chi connectivity index (χ3v) is 11.9. The van der Waals surface area contributed by atoms with Crippen LogP contribution in [0.25, 0.3) is 72.5 Å². The van der Waals surface area contributed by atoms with Crippen molar-refractivity contribution >= 4 is 33.9 Å². The van der Waals surface area contributed by atoms with E-state index in [0.29, 0.717) is 0 Å². The molecular weight excluding hydrogens is 663 g/mol. The molecule has 10 rings (SSSR count). The fourth-order valence-electron chi connectivity index (χ4n) is 9.50. The van der Waals surface area contributed by atoms with E-state index in [2.05, 4.69) is 208 Å². The van der Waals surface area contributed by atoms with Gasteiger partial charge < -0.3 is 4.90 Å². The van der Waals surface area contributed by atoms with Crippen LogP contribution in [0, 0.1) is 6.92 Å². The molecule has 2 aliphatic rings. The largest absolute Gasteiger partial charge is 0.310 e. The maximum Gasteiger partial charge on any atom is 0.0465 e. The molecule has 0 amide bonds. The Labute approximate surface area is 324 Å². The number of rotatable bonds is 7. The summed E-state index contributed by atoms with van der Waals surface area (Å²) in [5.41, 5.74) is 21.4. The van der Waals surface area contributed by atoms with Crippen molar-refractivity contribution in [2.75, 3.05) is 4.90 Å². The van der Waals surface area contributed by atoms with Gasteiger partial charge in [0.15, 0.2) is 0 Å². The van der Waals surface area contributed by atoms with Crippen LogP contribution >= 0.6 is 0 Å². The molecule has 0 heterocycles. The summed E-state index contributed by atoms with van der Waals surface area (Å²) in [5.74, 6) is 0. The molecule has 0 spiro atoms. The molecule has 0 bridgehead atoms. The van der Waals surface area contributed by atoms with Crippen LogP contribution in [0.15, 0.2) is 183 Å². The Kier molecular flexibility index (Phi) is 7.61. The molecule has 0 unspecified atom stereocenters. The molecule has 0 aromatic heterocycles. The lowest BCUT2D eigenvalue weighted by molar-refractivity contribution is 0.661. The van der Waals surface area contributed by atoms with Crippen LogP contribution in [0.2, 0.25) is 0 Å². The monoisotopic (exact) mass is 703 g/mol. The van der Waals surface area contributed by atoms with Gasteiger partial charge in [0.1, 0.15) is 0 Å². The van der Waals surface area contributed by atoms with E-state index >= 15 is 0 Å². The number of benzene rings is 8. The summed E-state index contributed by atoms with van der Waals surface area (Å²) in [7, 11) is 0. The van der Waals surface area contributed by atoms with Crippen LogP contribution in [0.5, 0.6) is 0 Å². The van der Waals surface area contributed by atoms with Gasteiger partial charge in [0, 0.05) is 22.5 Å². The zero-order valence-corrected chi connectivity index (χ0v) is 31.5. The van der Waals surface area contributed by atoms with Crippen molar-refractivity contribution in [3.05, 3.63) is 205 Å². The smallest absolute Gasteiger partial charge is 0.0465 e. The molecule has 1 heteroatoms. The summed E-state index contributed by atoms with van der Waals surface area (Å²) in [6.07, 6.45) is 6.23. The van der Waals surface area contributed by atoms with Gasteiger partial charge in [-0.1, -0.05) is 160 Å². The second-order valence-electron chi connectivity index (χ2n) is 15.3. The summed E-state index contributed by atoms with van der Waals surface area (Å²) < 4.78 is 0. The molecule has 8 aromatic carbocycles. The molecule has 0 fully saturated rings. The quantitative estimate of drug-likeness (QED) is 0.149. The zero-order valence-electron chi connectivity index (χ0n) is 31.5. The number of hydrogen-bond acceptors (Lipinski definition) is 1. The van der Waals surface area contributed by atoms with Gasteiger partial charge >= 0.3 is 0 Å². The second-order valence-corrected chi connectivity index (χ2v) is 15.3. The van der Waals surface area contributed by atoms with Gasteiger partial charge in [-0.15, -0.1) is 0 Å². The highest BCUT2D eigenvalue weighted by Crippen LogP contribution is 2.62. The molecule has 0 aliphatic heterocycles. The Morgan fingerprint density at radius 1 is 0.491 bits per heavy atom. The minimum atomic E-state index is -0.241. The van der Waals surface area contributed by atoms with Gasteiger partial charge in [0.25, 0.3) is 0 Å². The molecule has 0 saturated carbocycles. The summed E-state index contributed by atoms with van der Waals surface area (Å²) in [6, 6.07) is 60.0. The molecule has 55 heavy (non-hydrogen) atoms. The molecule has 8 aromatic rings. The molecule has 0 N–H and O–H groups in total. The predicted molar refractivity (Wildman–Crippen MR) is 235 cm³/mol. The van der Waals surface area contributed by atoms with Crippen molar-refractivity contribution in [1.82, 2.24) is 0 Å². The van der Waals surface area contributed by atoms with E-state index in [1.54, 1.807) is 0 Å². The summed E-state index contributed by atoms with van der Waals surface area (Å²) in [4.78, 5) is 2.37. The number of hydrogen-bond donors (Lipinski definition) is 0. The lowest BCUT2D eigenvalue weighted by atomic mass is 9.79. The van der Waals surface area contributed by atoms with E-state index in [-0.39, 0.29) is 5.41 Å². The van der Waals surface area contributed by atoms with E-state index in [1.807, 2.05) is 6.08 Å². The van der Waals surface area contributed by atoms with Crippen LogP contribution in [-0.2, 0) is 5.41 Å². The Morgan fingerprint density at radius 2 is 1.07 bits per heavy atom. The number of allylic oxidation sites excluding steroid dienone is 2. The highest BCUT2D eigenvalue weighted by atomic mass is 15.1. The third-order valence-electron chi connectivity index (χ3n) is 11.9. The molecule has 0 radical (unpaired) electrons. The number of para-hydroxylation sites is 2. The minimum absolute atomic E-state index is 0.241. The minimum Gasteiger partial charge on any atom is -0.310 e. The van der Waals surface area contributed by atoms with Crippen molar-refractivity contribution in [2.24, 2.45) is 0 Å². The van der Waals surface area contributed by atoms with Gasteiger partial charge in [-0.05, 0) is 138 Å². The summed E-state index contributed by atoms with van der Waals surface area (Å²) in [6.45, 7) is 11.2. The van der Waals surface area contributed by atoms with E-state index in [9.17, 15) is 0 Å². The van der Waals surface area contributed by atoms with Gasteiger partial charge in [-0.3, -0.25) is 0 Å². The van der Waals surface area contributed by atoms with Crippen LogP contribution in [-0.4, -0.2) is 0 Å². The highest BCUT2D eigenvalue weighted by Gasteiger charge is 2.40. The maximum absolute atomic E-state index is 4.06. The first kappa shape index (κ1) is 32.9. The van der Waals surface area contributed by atoms with Crippen LogP contribution < -0.4 is 4.90 Å². The van der Waals surface area contributed by atoms with Crippen molar-refractivity contribution in [3.8, 4) is 55.6 Å². The van der Waals surface area contributed by atoms with Gasteiger partial charge in [0.2, 0.25) is 0 Å². The first-order chi connectivity index (χ1) is 27.0. The third kappa shape index (κ3) is 4.93. The van der Waals surface area contributed by atoms with Gasteiger partial charge in [0.05, 0.1) is 0 Å². The average molecular weight is 704 g/mol. The zero-order chi connectivity index (χ0) is 37.3. The van der Waals surface area contributed by atoms with Crippen LogP contribution in [0.3, 0.4) is 0 Å². The fraction of sp³-hybridized carbons (Fsp3) is 0.0741. The Hall–Kier alpha value is -6.70. The van der Waals surface area contributed by atoms with Crippen LogP contribution in [0.4, 0.5) is 17.1 Å². The van der Waals surface area contributed by atoms with E-state index < -0.39 is 0 Å². The maximum atomic E-state index is 4.06. The predicted octanol–water partition coefficient (Wildman–Crippen LogP) is 15.1. The van der Waals surface area contributed by atoms with Crippen LogP contribution in [0.1, 0.15) is 36.1 Å². The molecular formula is C54H41N. The topological polar surface area (TPSA) is 3.24 Å². The van der Waals surface area contributed by atoms with Crippen molar-refractivity contribution < 1.29 is 0 Å². The molecule has 262 valence electrons. The van der Waals surface area contributed by atoms with Crippen molar-refractivity contribution in [1.29, 1.82) is 0 Å². The Morgan fingerprint density at radius 3 is 1.69 bits per heavy atom. The molecule has 2 aliphatic carbocycles. The first-order valence-corrected chi connectivity index (χ1v) is 19.2. The average Bonchev–Trinajstić information content (AvgIpc) is 3.67. The summed E-state index contributed by atoms with van der Waals surface area (Å²) in [5, 5.41) is 2.67. The second kappa shape index (κ2) is 12.7. The standard InChI is InChI=1S/C54H41N/c1-5-6-28-41-35(2)48(36-20-11-7-12-21-36)52-44-30-19-29-43-50(44)45(53(52)49(41)37-22-13-8-14-23-37)34-47-51(43)42-32-31-40(33-46(42)54(47,3)4)55(38-24-15-9-16-25-38)39-26-17-10-18-27-39/h5-34H,1H2,2-4H3/b28-6-. The number of fused-ring (bicyclic) bond motifs is 7. The van der Waals surface area contributed by atoms with E-state index in [0.717, 1.165) is 17.1 Å². The highest BCUT2D eigenvalue weighted by molar-refractivity contribution is 6.25. The SMILES string of the molecule is C=C/C=C\c1c(C)c(-c2ccccc2)c2c(c1-c1ccccc1)-c1cc3c(c4cccc-2c14)-c1ccc(N(c2ccccc2)c2ccccc2)cc1C3(C)C. The van der Waals surface area contributed by atoms with Gasteiger partial charge in [-0.25, -0.2) is 0 Å². The lowest BCUT2D eigenvalue weighted by Crippen LogP contribution is -2.16.